The number of hydrogen-bond donors (Lipinski definition) is 2. The third-order valence-corrected chi connectivity index (χ3v) is 3.59. The molecule has 0 amide bonds. The molecule has 3 N–H and O–H groups in total. The maximum Gasteiger partial charge on any atom is 0.221 e. The molecule has 0 saturated carbocycles. The molecule has 22 heavy (non-hydrogen) atoms. The van der Waals surface area contributed by atoms with Gasteiger partial charge in [-0.2, -0.15) is 4.98 Å². The molecule has 7 nitrogen and oxygen atoms in total. The number of ether oxygens (including phenoxy) is 1. The zero-order valence-corrected chi connectivity index (χ0v) is 13.5. The Labute approximate surface area is 135 Å². The predicted molar refractivity (Wildman–Crippen MR) is 89.1 cm³/mol. The fourth-order valence-electron chi connectivity index (χ4n) is 2.15. The fraction of sp³-hybridized carbons (Fsp3) is 0.214. The SMILES string of the molecule is COCCNc1nc2ccc(Br)cc2n1-c1ccnc(N)n1. The molecule has 1 aromatic carbocycles. The average Bonchev–Trinajstić information content (AvgIpc) is 2.85. The molecule has 3 rings (SSSR count). The van der Waals surface area contributed by atoms with Gasteiger partial charge < -0.3 is 15.8 Å². The van der Waals surface area contributed by atoms with Crippen molar-refractivity contribution < 1.29 is 4.74 Å². The monoisotopic (exact) mass is 362 g/mol. The topological polar surface area (TPSA) is 90.9 Å². The van der Waals surface area contributed by atoms with Gasteiger partial charge in [-0.25, -0.2) is 9.97 Å². The molecule has 2 aromatic heterocycles. The molecule has 0 fully saturated rings. The Hall–Kier alpha value is -2.19. The van der Waals surface area contributed by atoms with E-state index < -0.39 is 0 Å². The van der Waals surface area contributed by atoms with Crippen LogP contribution in [-0.2, 0) is 4.74 Å². The Balaban J connectivity index is 2.14. The number of nitrogens with zero attached hydrogens (tertiary/aromatic N) is 4. The van der Waals surface area contributed by atoms with E-state index in [-0.39, 0.29) is 5.95 Å². The Bertz CT molecular complexity index is 803. The van der Waals surface area contributed by atoms with E-state index in [0.717, 1.165) is 15.5 Å². The van der Waals surface area contributed by atoms with Crippen molar-refractivity contribution in [3.63, 3.8) is 0 Å². The highest BCUT2D eigenvalue weighted by atomic mass is 79.9. The van der Waals surface area contributed by atoms with Crippen LogP contribution in [0.3, 0.4) is 0 Å². The van der Waals surface area contributed by atoms with E-state index in [2.05, 4.69) is 36.2 Å². The molecule has 0 bridgehead atoms. The van der Waals surface area contributed by atoms with Crippen LogP contribution in [-0.4, -0.2) is 39.8 Å². The third kappa shape index (κ3) is 2.88. The second-order valence-corrected chi connectivity index (χ2v) is 5.51. The number of imidazole rings is 1. The van der Waals surface area contributed by atoms with Crippen LogP contribution in [0.15, 0.2) is 34.9 Å². The lowest BCUT2D eigenvalue weighted by atomic mass is 10.3. The van der Waals surface area contributed by atoms with E-state index in [1.165, 1.54) is 0 Å². The summed E-state index contributed by atoms with van der Waals surface area (Å²) in [6.07, 6.45) is 1.63. The maximum absolute atomic E-state index is 5.70. The first-order valence-corrected chi connectivity index (χ1v) is 7.48. The summed E-state index contributed by atoms with van der Waals surface area (Å²) in [6.45, 7) is 1.22. The highest BCUT2D eigenvalue weighted by molar-refractivity contribution is 9.10. The second kappa shape index (κ2) is 6.29. The first-order chi connectivity index (χ1) is 10.7. The predicted octanol–water partition coefficient (Wildman–Crippen LogP) is 2.22. The minimum absolute atomic E-state index is 0.220. The van der Waals surface area contributed by atoms with Gasteiger partial charge in [-0.3, -0.25) is 4.57 Å². The van der Waals surface area contributed by atoms with Crippen molar-refractivity contribution >= 4 is 38.9 Å². The van der Waals surface area contributed by atoms with Crippen molar-refractivity contribution in [1.82, 2.24) is 19.5 Å². The summed E-state index contributed by atoms with van der Waals surface area (Å²) in [7, 11) is 1.66. The van der Waals surface area contributed by atoms with Gasteiger partial charge in [-0.1, -0.05) is 15.9 Å². The van der Waals surface area contributed by atoms with E-state index in [1.807, 2.05) is 22.8 Å². The van der Waals surface area contributed by atoms with Gasteiger partial charge in [-0.05, 0) is 18.2 Å². The van der Waals surface area contributed by atoms with Gasteiger partial charge in [0.25, 0.3) is 0 Å². The number of nitrogens with one attached hydrogen (secondary N) is 1. The Morgan fingerprint density at radius 3 is 2.95 bits per heavy atom. The van der Waals surface area contributed by atoms with Gasteiger partial charge in [0.05, 0.1) is 17.6 Å². The van der Waals surface area contributed by atoms with E-state index >= 15 is 0 Å². The first-order valence-electron chi connectivity index (χ1n) is 6.69. The average molecular weight is 363 g/mol. The Kier molecular flexibility index (Phi) is 4.21. The van der Waals surface area contributed by atoms with E-state index in [0.29, 0.717) is 24.9 Å². The number of nitrogens with two attached hydrogens (primary N) is 1. The maximum atomic E-state index is 5.70. The molecule has 0 aliphatic carbocycles. The summed E-state index contributed by atoms with van der Waals surface area (Å²) < 4.78 is 7.94. The highest BCUT2D eigenvalue weighted by Gasteiger charge is 2.14. The van der Waals surface area contributed by atoms with Crippen molar-refractivity contribution in [2.75, 3.05) is 31.3 Å². The molecule has 0 aliphatic heterocycles. The third-order valence-electron chi connectivity index (χ3n) is 3.09. The summed E-state index contributed by atoms with van der Waals surface area (Å²) in [6, 6.07) is 7.68. The van der Waals surface area contributed by atoms with Gasteiger partial charge in [0.15, 0.2) is 0 Å². The van der Waals surface area contributed by atoms with E-state index in [1.54, 1.807) is 19.4 Å². The van der Waals surface area contributed by atoms with Crippen LogP contribution in [0.5, 0.6) is 0 Å². The normalized spacial score (nSPS) is 11.0. The lowest BCUT2D eigenvalue weighted by Crippen LogP contribution is -2.12. The first kappa shape index (κ1) is 14.7. The number of hydrogen-bond acceptors (Lipinski definition) is 6. The van der Waals surface area contributed by atoms with Crippen molar-refractivity contribution in [3.05, 3.63) is 34.9 Å². The summed E-state index contributed by atoms with van der Waals surface area (Å²) in [5.74, 6) is 1.56. The molecular weight excluding hydrogens is 348 g/mol. The van der Waals surface area contributed by atoms with Crippen molar-refractivity contribution in [2.45, 2.75) is 0 Å². The number of anilines is 2. The lowest BCUT2D eigenvalue weighted by Gasteiger charge is -2.10. The quantitative estimate of drug-likeness (QED) is 0.676. The molecule has 0 radical (unpaired) electrons. The van der Waals surface area contributed by atoms with Gasteiger partial charge >= 0.3 is 0 Å². The summed E-state index contributed by atoms with van der Waals surface area (Å²) >= 11 is 3.49. The van der Waals surface area contributed by atoms with Crippen molar-refractivity contribution in [1.29, 1.82) is 0 Å². The molecule has 0 aliphatic rings. The molecule has 3 aromatic rings. The largest absolute Gasteiger partial charge is 0.383 e. The molecule has 114 valence electrons. The highest BCUT2D eigenvalue weighted by Crippen LogP contribution is 2.26. The van der Waals surface area contributed by atoms with Crippen LogP contribution in [0, 0.1) is 0 Å². The molecule has 0 unspecified atom stereocenters. The Morgan fingerprint density at radius 1 is 1.32 bits per heavy atom. The smallest absolute Gasteiger partial charge is 0.221 e. The van der Waals surface area contributed by atoms with Gasteiger partial charge in [0.2, 0.25) is 11.9 Å². The number of nitrogen functional groups attached to an aromatic ring is 1. The van der Waals surface area contributed by atoms with E-state index in [4.69, 9.17) is 10.5 Å². The van der Waals surface area contributed by atoms with Crippen LogP contribution in [0.1, 0.15) is 0 Å². The van der Waals surface area contributed by atoms with Crippen LogP contribution in [0.4, 0.5) is 11.9 Å². The second-order valence-electron chi connectivity index (χ2n) is 4.60. The number of rotatable bonds is 5. The molecule has 8 heteroatoms. The minimum atomic E-state index is 0.220. The number of methoxy groups -OCH3 is 1. The van der Waals surface area contributed by atoms with Crippen LogP contribution < -0.4 is 11.1 Å². The zero-order valence-electron chi connectivity index (χ0n) is 12.0. The van der Waals surface area contributed by atoms with Crippen molar-refractivity contribution in [3.8, 4) is 5.82 Å². The fourth-order valence-corrected chi connectivity index (χ4v) is 2.50. The number of fused-ring (bicyclic) bond motifs is 1. The molecular formula is C14H15BrN6O. The summed E-state index contributed by atoms with van der Waals surface area (Å²) in [5.41, 5.74) is 7.49. The van der Waals surface area contributed by atoms with Crippen LogP contribution in [0.2, 0.25) is 0 Å². The molecule has 0 spiro atoms. The number of aromatic nitrogens is 4. The molecule has 2 heterocycles. The lowest BCUT2D eigenvalue weighted by molar-refractivity contribution is 0.210. The van der Waals surface area contributed by atoms with Crippen molar-refractivity contribution in [2.24, 2.45) is 0 Å². The standard InChI is InChI=1S/C14H15BrN6O/c1-22-7-6-18-14-19-10-3-2-9(15)8-11(10)21(14)12-4-5-17-13(16)20-12/h2-5,8H,6-7H2,1H3,(H,18,19)(H2,16,17,20). The van der Waals surface area contributed by atoms with Gasteiger partial charge in [0.1, 0.15) is 5.82 Å². The minimum Gasteiger partial charge on any atom is -0.383 e. The van der Waals surface area contributed by atoms with E-state index in [9.17, 15) is 0 Å². The molecule has 0 atom stereocenters. The number of benzene rings is 1. The van der Waals surface area contributed by atoms with Crippen LogP contribution in [0.25, 0.3) is 16.9 Å². The number of halogens is 1. The van der Waals surface area contributed by atoms with Gasteiger partial charge in [0, 0.05) is 30.4 Å². The zero-order chi connectivity index (χ0) is 15.5. The Morgan fingerprint density at radius 2 is 2.18 bits per heavy atom. The summed E-state index contributed by atoms with van der Waals surface area (Å²) in [4.78, 5) is 12.8. The summed E-state index contributed by atoms with van der Waals surface area (Å²) in [5, 5.41) is 3.25. The molecule has 0 saturated heterocycles. The van der Waals surface area contributed by atoms with Gasteiger partial charge in [-0.15, -0.1) is 0 Å². The van der Waals surface area contributed by atoms with Crippen LogP contribution >= 0.6 is 15.9 Å².